The number of aliphatic hydroxyl groups excluding tert-OH is 1. The van der Waals surface area contributed by atoms with Crippen LogP contribution in [0.1, 0.15) is 40.5 Å². The second kappa shape index (κ2) is 12.0. The molecule has 1 heterocycles. The number of rotatable bonds is 8. The molecule has 8 heteroatoms. The summed E-state index contributed by atoms with van der Waals surface area (Å²) < 4.78 is 10.3. The van der Waals surface area contributed by atoms with Crippen LogP contribution >= 0.6 is 23.2 Å². The van der Waals surface area contributed by atoms with Crippen molar-refractivity contribution in [2.45, 2.75) is 19.0 Å². The molecule has 4 rings (SSSR count). The Morgan fingerprint density at radius 2 is 1.78 bits per heavy atom. The van der Waals surface area contributed by atoms with E-state index in [4.69, 9.17) is 37.8 Å². The van der Waals surface area contributed by atoms with E-state index in [1.165, 1.54) is 7.11 Å². The van der Waals surface area contributed by atoms with Gasteiger partial charge >= 0.3 is 5.97 Å². The highest BCUT2D eigenvalue weighted by Crippen LogP contribution is 2.39. The van der Waals surface area contributed by atoms with E-state index in [1.54, 1.807) is 6.07 Å². The molecule has 0 amide bonds. The lowest BCUT2D eigenvalue weighted by atomic mass is 9.98. The Morgan fingerprint density at radius 3 is 2.42 bits per heavy atom. The number of anilines is 1. The van der Waals surface area contributed by atoms with Crippen LogP contribution in [-0.2, 0) is 4.74 Å². The minimum atomic E-state index is -0.338. The molecule has 1 unspecified atom stereocenters. The number of hydrogen-bond acceptors (Lipinski definition) is 6. The molecule has 0 bridgehead atoms. The standard InChI is InChI=1S/C28H30Cl2N2O4/c1-19(20-3-5-22(6-4-20)28(34)35-2)31-13-14-32(27(18-31)21-7-9-23(29)10-8-21)26-12-11-24(17-25(26)30)36-16-15-33/h3-12,17,19,27,33H,13-16,18H2,1-2H3/t19-,27?/m1/s1. The topological polar surface area (TPSA) is 62.2 Å². The van der Waals surface area contributed by atoms with E-state index < -0.39 is 0 Å². The van der Waals surface area contributed by atoms with Crippen LogP contribution in [0, 0.1) is 0 Å². The molecule has 1 aliphatic heterocycles. The lowest BCUT2D eigenvalue weighted by molar-refractivity contribution is 0.0600. The highest BCUT2D eigenvalue weighted by molar-refractivity contribution is 6.33. The highest BCUT2D eigenvalue weighted by atomic mass is 35.5. The van der Waals surface area contributed by atoms with Crippen LogP contribution in [0.25, 0.3) is 0 Å². The van der Waals surface area contributed by atoms with Crippen molar-refractivity contribution in [3.8, 4) is 5.75 Å². The first-order chi connectivity index (χ1) is 17.4. The number of carbonyl (C=O) groups is 1. The Morgan fingerprint density at radius 1 is 1.06 bits per heavy atom. The van der Waals surface area contributed by atoms with E-state index in [0.29, 0.717) is 21.4 Å². The predicted octanol–water partition coefficient (Wildman–Crippen LogP) is 5.78. The van der Waals surface area contributed by atoms with E-state index in [0.717, 1.165) is 36.4 Å². The van der Waals surface area contributed by atoms with E-state index >= 15 is 0 Å². The van der Waals surface area contributed by atoms with Crippen LogP contribution in [0.15, 0.2) is 66.7 Å². The molecule has 3 aromatic carbocycles. The largest absolute Gasteiger partial charge is 0.491 e. The third kappa shape index (κ3) is 5.95. The van der Waals surface area contributed by atoms with Gasteiger partial charge < -0.3 is 19.5 Å². The summed E-state index contributed by atoms with van der Waals surface area (Å²) in [6.07, 6.45) is 0. The molecule has 1 fully saturated rings. The number of piperazine rings is 1. The Kier molecular flexibility index (Phi) is 8.75. The van der Waals surface area contributed by atoms with Gasteiger partial charge in [0.05, 0.1) is 36.0 Å². The summed E-state index contributed by atoms with van der Waals surface area (Å²) in [6, 6.07) is 21.4. The average molecular weight is 529 g/mol. The summed E-state index contributed by atoms with van der Waals surface area (Å²) in [4.78, 5) is 16.6. The van der Waals surface area contributed by atoms with Crippen molar-refractivity contribution in [2.24, 2.45) is 0 Å². The van der Waals surface area contributed by atoms with Crippen molar-refractivity contribution in [1.82, 2.24) is 4.90 Å². The van der Waals surface area contributed by atoms with Crippen LogP contribution in [0.4, 0.5) is 5.69 Å². The van der Waals surface area contributed by atoms with Crippen molar-refractivity contribution >= 4 is 34.9 Å². The summed E-state index contributed by atoms with van der Waals surface area (Å²) in [5, 5.41) is 10.3. The zero-order valence-electron chi connectivity index (χ0n) is 20.4. The van der Waals surface area contributed by atoms with E-state index in [9.17, 15) is 4.79 Å². The molecule has 3 aromatic rings. The average Bonchev–Trinajstić information content (AvgIpc) is 2.91. The number of aliphatic hydroxyl groups is 1. The number of carbonyl (C=O) groups excluding carboxylic acids is 1. The molecule has 0 radical (unpaired) electrons. The number of methoxy groups -OCH3 is 1. The van der Waals surface area contributed by atoms with E-state index in [-0.39, 0.29) is 31.3 Å². The summed E-state index contributed by atoms with van der Waals surface area (Å²) in [5.41, 5.74) is 3.75. The Bertz CT molecular complexity index is 1170. The molecule has 2 atom stereocenters. The molecular formula is C28H30Cl2N2O4. The molecule has 6 nitrogen and oxygen atoms in total. The monoisotopic (exact) mass is 528 g/mol. The Balaban J connectivity index is 1.59. The molecule has 36 heavy (non-hydrogen) atoms. The molecule has 0 spiro atoms. The van der Waals surface area contributed by atoms with Gasteiger partial charge in [0.25, 0.3) is 0 Å². The summed E-state index contributed by atoms with van der Waals surface area (Å²) in [7, 11) is 1.39. The summed E-state index contributed by atoms with van der Waals surface area (Å²) in [5.74, 6) is 0.291. The molecule has 0 saturated carbocycles. The van der Waals surface area contributed by atoms with Gasteiger partial charge in [-0.2, -0.15) is 0 Å². The maximum Gasteiger partial charge on any atom is 0.337 e. The maximum atomic E-state index is 11.8. The van der Waals surface area contributed by atoms with Crippen molar-refractivity contribution in [2.75, 3.05) is 44.9 Å². The van der Waals surface area contributed by atoms with Gasteiger partial charge in [0.1, 0.15) is 12.4 Å². The molecule has 190 valence electrons. The maximum absolute atomic E-state index is 11.8. The number of hydrogen-bond donors (Lipinski definition) is 1. The molecule has 0 aromatic heterocycles. The van der Waals surface area contributed by atoms with Crippen LogP contribution in [-0.4, -0.2) is 55.9 Å². The Hall–Kier alpha value is -2.77. The van der Waals surface area contributed by atoms with Gasteiger partial charge in [-0.25, -0.2) is 4.79 Å². The highest BCUT2D eigenvalue weighted by Gasteiger charge is 2.32. The van der Waals surface area contributed by atoms with Gasteiger partial charge in [-0.3, -0.25) is 4.90 Å². The van der Waals surface area contributed by atoms with Crippen molar-refractivity contribution in [3.63, 3.8) is 0 Å². The van der Waals surface area contributed by atoms with Gasteiger partial charge in [-0.1, -0.05) is 47.5 Å². The number of esters is 1. The molecular weight excluding hydrogens is 499 g/mol. The van der Waals surface area contributed by atoms with Gasteiger partial charge in [0.2, 0.25) is 0 Å². The number of nitrogens with zero attached hydrogens (tertiary/aromatic N) is 2. The van der Waals surface area contributed by atoms with Crippen LogP contribution < -0.4 is 9.64 Å². The van der Waals surface area contributed by atoms with Crippen LogP contribution in [0.5, 0.6) is 5.75 Å². The quantitative estimate of drug-likeness (QED) is 0.374. The first-order valence-electron chi connectivity index (χ1n) is 11.9. The minimum Gasteiger partial charge on any atom is -0.491 e. The second-order valence-electron chi connectivity index (χ2n) is 8.73. The summed E-state index contributed by atoms with van der Waals surface area (Å²) in [6.45, 7) is 4.74. The van der Waals surface area contributed by atoms with Gasteiger partial charge in [-0.05, 0) is 54.4 Å². The fourth-order valence-electron chi connectivity index (χ4n) is 4.61. The van der Waals surface area contributed by atoms with Crippen LogP contribution in [0.2, 0.25) is 10.0 Å². The van der Waals surface area contributed by atoms with Crippen molar-refractivity contribution < 1.29 is 19.4 Å². The van der Waals surface area contributed by atoms with Gasteiger partial charge in [0.15, 0.2) is 0 Å². The number of halogens is 2. The zero-order valence-corrected chi connectivity index (χ0v) is 21.9. The lowest BCUT2D eigenvalue weighted by Gasteiger charge is -2.45. The fourth-order valence-corrected chi connectivity index (χ4v) is 5.02. The molecule has 1 saturated heterocycles. The fraction of sp³-hybridized carbons (Fsp3) is 0.321. The normalized spacial score (nSPS) is 17.0. The lowest BCUT2D eigenvalue weighted by Crippen LogP contribution is -2.49. The predicted molar refractivity (Wildman–Crippen MR) is 143 cm³/mol. The zero-order chi connectivity index (χ0) is 25.7. The Labute approximate surface area is 221 Å². The van der Waals surface area contributed by atoms with Gasteiger partial charge in [0, 0.05) is 36.8 Å². The third-order valence-electron chi connectivity index (χ3n) is 6.62. The molecule has 1 N–H and O–H groups in total. The number of ether oxygens (including phenoxy) is 2. The molecule has 1 aliphatic rings. The van der Waals surface area contributed by atoms with E-state index in [1.807, 2.05) is 48.5 Å². The third-order valence-corrected chi connectivity index (χ3v) is 7.17. The first kappa shape index (κ1) is 26.3. The van der Waals surface area contributed by atoms with Crippen molar-refractivity contribution in [3.05, 3.63) is 93.5 Å². The molecule has 0 aliphatic carbocycles. The second-order valence-corrected chi connectivity index (χ2v) is 9.57. The summed E-state index contributed by atoms with van der Waals surface area (Å²) >= 11 is 12.9. The van der Waals surface area contributed by atoms with Crippen LogP contribution in [0.3, 0.4) is 0 Å². The number of benzene rings is 3. The first-order valence-corrected chi connectivity index (χ1v) is 12.6. The SMILES string of the molecule is COC(=O)c1ccc([C@@H](C)N2CCN(c3ccc(OCCO)cc3Cl)C(c3ccc(Cl)cc3)C2)cc1. The van der Waals surface area contributed by atoms with Crippen molar-refractivity contribution in [1.29, 1.82) is 0 Å². The van der Waals surface area contributed by atoms with E-state index in [2.05, 4.69) is 28.9 Å². The smallest absolute Gasteiger partial charge is 0.337 e. The minimum absolute atomic E-state index is 0.0505. The van der Waals surface area contributed by atoms with Gasteiger partial charge in [-0.15, -0.1) is 0 Å².